The monoisotopic (exact) mass is 319 g/mol. The number of aromatic nitrogens is 1. The van der Waals surface area contributed by atoms with Crippen LogP contribution in [-0.2, 0) is 14.8 Å². The Hall–Kier alpha value is -1.99. The number of para-hydroxylation sites is 1. The van der Waals surface area contributed by atoms with Crippen molar-refractivity contribution in [3.8, 4) is 0 Å². The number of anilines is 1. The Balaban J connectivity index is 1.87. The second kappa shape index (κ2) is 5.66. The van der Waals surface area contributed by atoms with E-state index in [1.807, 2.05) is 24.3 Å². The van der Waals surface area contributed by atoms with Crippen molar-refractivity contribution in [2.45, 2.75) is 18.9 Å². The minimum absolute atomic E-state index is 0.305. The van der Waals surface area contributed by atoms with Crippen LogP contribution in [0.5, 0.6) is 0 Å². The molecule has 0 spiro atoms. The van der Waals surface area contributed by atoms with Crippen LogP contribution in [0.3, 0.4) is 0 Å². The van der Waals surface area contributed by atoms with Crippen LogP contribution >= 0.6 is 0 Å². The third kappa shape index (κ3) is 2.82. The van der Waals surface area contributed by atoms with Gasteiger partial charge >= 0.3 is 0 Å². The van der Waals surface area contributed by atoms with Crippen molar-refractivity contribution in [3.05, 3.63) is 36.5 Å². The maximum atomic E-state index is 12.5. The highest BCUT2D eigenvalue weighted by Crippen LogP contribution is 2.24. The van der Waals surface area contributed by atoms with Gasteiger partial charge in [0.1, 0.15) is 6.04 Å². The molecule has 7 heteroatoms. The maximum Gasteiger partial charge on any atom is 0.242 e. The van der Waals surface area contributed by atoms with Gasteiger partial charge in [-0.1, -0.05) is 18.2 Å². The minimum Gasteiger partial charge on any atom is -0.323 e. The topological polar surface area (TPSA) is 79.4 Å². The number of nitrogens with one attached hydrogen (secondary N) is 1. The highest BCUT2D eigenvalue weighted by atomic mass is 32.2. The lowest BCUT2D eigenvalue weighted by atomic mass is 10.1. The summed E-state index contributed by atoms with van der Waals surface area (Å²) < 4.78 is 24.8. The van der Waals surface area contributed by atoms with Crippen molar-refractivity contribution in [3.63, 3.8) is 0 Å². The molecule has 22 heavy (non-hydrogen) atoms. The van der Waals surface area contributed by atoms with E-state index >= 15 is 0 Å². The Morgan fingerprint density at radius 1 is 1.32 bits per heavy atom. The van der Waals surface area contributed by atoms with Gasteiger partial charge in [-0.25, -0.2) is 8.42 Å². The van der Waals surface area contributed by atoms with Gasteiger partial charge in [-0.05, 0) is 25.0 Å². The number of hydrogen-bond acceptors (Lipinski definition) is 4. The van der Waals surface area contributed by atoms with Gasteiger partial charge in [-0.2, -0.15) is 4.31 Å². The molecule has 1 saturated heterocycles. The van der Waals surface area contributed by atoms with Crippen molar-refractivity contribution in [1.82, 2.24) is 9.29 Å². The molecule has 0 radical (unpaired) electrons. The van der Waals surface area contributed by atoms with Crippen molar-refractivity contribution >= 4 is 32.5 Å². The molecule has 0 unspecified atom stereocenters. The van der Waals surface area contributed by atoms with Crippen LogP contribution in [0.15, 0.2) is 36.5 Å². The second-order valence-corrected chi connectivity index (χ2v) is 7.34. The molecule has 0 saturated carbocycles. The number of carbonyl (C=O) groups excluding carboxylic acids is 1. The summed E-state index contributed by atoms with van der Waals surface area (Å²) in [6.07, 6.45) is 4.03. The number of nitrogens with zero attached hydrogens (tertiary/aromatic N) is 2. The zero-order chi connectivity index (χ0) is 15.7. The molecule has 0 aliphatic carbocycles. The summed E-state index contributed by atoms with van der Waals surface area (Å²) in [5.74, 6) is -0.305. The van der Waals surface area contributed by atoms with Crippen LogP contribution in [0, 0.1) is 0 Å². The molecule has 116 valence electrons. The maximum absolute atomic E-state index is 12.5. The van der Waals surface area contributed by atoms with Gasteiger partial charge in [0.15, 0.2) is 0 Å². The van der Waals surface area contributed by atoms with E-state index in [1.54, 1.807) is 12.3 Å². The van der Waals surface area contributed by atoms with Crippen LogP contribution in [0.1, 0.15) is 12.8 Å². The second-order valence-electron chi connectivity index (χ2n) is 5.40. The van der Waals surface area contributed by atoms with E-state index in [9.17, 15) is 13.2 Å². The highest BCUT2D eigenvalue weighted by molar-refractivity contribution is 7.88. The van der Waals surface area contributed by atoms with Gasteiger partial charge in [-0.15, -0.1) is 0 Å². The molecule has 6 nitrogen and oxygen atoms in total. The lowest BCUT2D eigenvalue weighted by Gasteiger charge is -2.21. The normalized spacial score (nSPS) is 19.4. The van der Waals surface area contributed by atoms with E-state index in [0.29, 0.717) is 30.6 Å². The summed E-state index contributed by atoms with van der Waals surface area (Å²) in [5, 5.41) is 3.74. The lowest BCUT2D eigenvalue weighted by Crippen LogP contribution is -2.42. The standard InChI is InChI=1S/C15H17N3O3S/c1-22(20,21)18-10-4-8-13(18)15(19)17-12-7-2-5-11-6-3-9-16-14(11)12/h2-3,5-7,9,13H,4,8,10H2,1H3,(H,17,19)/t13-/m1/s1. The number of carbonyl (C=O) groups is 1. The molecule has 1 amide bonds. The van der Waals surface area contributed by atoms with Gasteiger partial charge in [0.2, 0.25) is 15.9 Å². The molecular weight excluding hydrogens is 302 g/mol. The Morgan fingerprint density at radius 2 is 2.09 bits per heavy atom. The number of rotatable bonds is 3. The molecule has 2 aromatic rings. The predicted molar refractivity (Wildman–Crippen MR) is 84.9 cm³/mol. The van der Waals surface area contributed by atoms with E-state index in [0.717, 1.165) is 11.6 Å². The summed E-state index contributed by atoms with van der Waals surface area (Å²) in [4.78, 5) is 16.8. The Morgan fingerprint density at radius 3 is 2.86 bits per heavy atom. The number of amides is 1. The first kappa shape index (κ1) is 14.9. The molecule has 1 aliphatic heterocycles. The van der Waals surface area contributed by atoms with Crippen LogP contribution in [0.2, 0.25) is 0 Å². The van der Waals surface area contributed by atoms with E-state index in [1.165, 1.54) is 4.31 Å². The number of benzene rings is 1. The van der Waals surface area contributed by atoms with Gasteiger partial charge < -0.3 is 5.32 Å². The van der Waals surface area contributed by atoms with E-state index in [2.05, 4.69) is 10.3 Å². The summed E-state index contributed by atoms with van der Waals surface area (Å²) in [6, 6.07) is 8.62. The zero-order valence-electron chi connectivity index (χ0n) is 12.2. The van der Waals surface area contributed by atoms with Crippen molar-refractivity contribution in [2.75, 3.05) is 18.1 Å². The first-order chi connectivity index (χ1) is 10.5. The van der Waals surface area contributed by atoms with Crippen LogP contribution < -0.4 is 5.32 Å². The molecule has 1 fully saturated rings. The van der Waals surface area contributed by atoms with Crippen LogP contribution in [0.4, 0.5) is 5.69 Å². The molecular formula is C15H17N3O3S. The van der Waals surface area contributed by atoms with E-state index < -0.39 is 16.1 Å². The van der Waals surface area contributed by atoms with Crippen molar-refractivity contribution in [1.29, 1.82) is 0 Å². The number of hydrogen-bond donors (Lipinski definition) is 1. The van der Waals surface area contributed by atoms with Gasteiger partial charge in [0.05, 0.1) is 17.5 Å². The third-order valence-electron chi connectivity index (χ3n) is 3.82. The Bertz CT molecular complexity index is 814. The Labute approximate surface area is 129 Å². The Kier molecular flexibility index (Phi) is 3.84. The zero-order valence-corrected chi connectivity index (χ0v) is 13.0. The summed E-state index contributed by atoms with van der Waals surface area (Å²) in [7, 11) is -3.37. The third-order valence-corrected chi connectivity index (χ3v) is 5.11. The fraction of sp³-hybridized carbons (Fsp3) is 0.333. The first-order valence-corrected chi connectivity index (χ1v) is 8.93. The quantitative estimate of drug-likeness (QED) is 0.932. The van der Waals surface area contributed by atoms with Gasteiger partial charge in [-0.3, -0.25) is 9.78 Å². The molecule has 1 aliphatic rings. The van der Waals surface area contributed by atoms with Gasteiger partial charge in [0.25, 0.3) is 0 Å². The largest absolute Gasteiger partial charge is 0.323 e. The SMILES string of the molecule is CS(=O)(=O)N1CCC[C@@H]1C(=O)Nc1cccc2cccnc12. The molecule has 1 atom stereocenters. The van der Waals surface area contributed by atoms with Crippen molar-refractivity contribution in [2.24, 2.45) is 0 Å². The molecule has 0 bridgehead atoms. The van der Waals surface area contributed by atoms with Crippen LogP contribution in [0.25, 0.3) is 10.9 Å². The summed E-state index contributed by atoms with van der Waals surface area (Å²) >= 11 is 0. The fourth-order valence-corrected chi connectivity index (χ4v) is 3.94. The summed E-state index contributed by atoms with van der Waals surface area (Å²) in [5.41, 5.74) is 1.30. The minimum atomic E-state index is -3.37. The molecule has 2 heterocycles. The number of fused-ring (bicyclic) bond motifs is 1. The molecule has 1 aromatic carbocycles. The smallest absolute Gasteiger partial charge is 0.242 e. The van der Waals surface area contributed by atoms with Crippen molar-refractivity contribution < 1.29 is 13.2 Å². The van der Waals surface area contributed by atoms with Crippen LogP contribution in [-0.4, -0.2) is 42.5 Å². The summed E-state index contributed by atoms with van der Waals surface area (Å²) in [6.45, 7) is 0.394. The fourth-order valence-electron chi connectivity index (χ4n) is 2.82. The lowest BCUT2D eigenvalue weighted by molar-refractivity contribution is -0.119. The molecule has 1 N–H and O–H groups in total. The number of pyridine rings is 1. The molecule has 3 rings (SSSR count). The first-order valence-electron chi connectivity index (χ1n) is 7.08. The molecule has 1 aromatic heterocycles. The highest BCUT2D eigenvalue weighted by Gasteiger charge is 2.36. The number of sulfonamides is 1. The van der Waals surface area contributed by atoms with E-state index in [-0.39, 0.29) is 5.91 Å². The van der Waals surface area contributed by atoms with Gasteiger partial charge in [0, 0.05) is 18.1 Å². The predicted octanol–water partition coefficient (Wildman–Crippen LogP) is 1.60. The average Bonchev–Trinajstić information content (AvgIpc) is 2.97. The van der Waals surface area contributed by atoms with E-state index in [4.69, 9.17) is 0 Å². The average molecular weight is 319 g/mol.